The van der Waals surface area contributed by atoms with Gasteiger partial charge in [-0.2, -0.15) is 12.6 Å². The molecular weight excluding hydrogens is 1630 g/mol. The number of aliphatic carboxylic acids is 2. The summed E-state index contributed by atoms with van der Waals surface area (Å²) in [5, 5.41) is 76.1. The molecule has 0 saturated carbocycles. The van der Waals surface area contributed by atoms with Crippen LogP contribution in [0.25, 0.3) is 10.9 Å². The Labute approximate surface area is 716 Å². The molecule has 27 N–H and O–H groups in total. The number of carboxylic acid groups (broad SMARTS) is 2. The van der Waals surface area contributed by atoms with Crippen LogP contribution in [0.4, 0.5) is 0 Å². The second-order valence-corrected chi connectivity index (χ2v) is 32.2. The fourth-order valence-electron chi connectivity index (χ4n) is 13.1. The van der Waals surface area contributed by atoms with Gasteiger partial charge in [0.25, 0.3) is 0 Å². The van der Waals surface area contributed by atoms with Crippen LogP contribution < -0.4 is 97.4 Å². The average molecular weight is 1760 g/mol. The lowest BCUT2D eigenvalue weighted by Gasteiger charge is -2.31. The fraction of sp³-hybridized carbons (Fsp3) is 0.641. The monoisotopic (exact) mass is 1760 g/mol. The van der Waals surface area contributed by atoms with E-state index in [4.69, 9.17) is 22.9 Å². The number of fused-ring (bicyclic) bond motifs is 1. The lowest BCUT2D eigenvalue weighted by molar-refractivity contribution is -0.143. The number of aliphatic hydroxyl groups is 2. The quantitative estimate of drug-likeness (QED) is 0.0216. The molecule has 45 heteroatoms. The third-order valence-electron chi connectivity index (χ3n) is 19.5. The molecular formula is C78H124N20O24S. The number of amides is 18. The van der Waals surface area contributed by atoms with E-state index in [-0.39, 0.29) is 81.5 Å². The third kappa shape index (κ3) is 36.9. The molecule has 3 rings (SSSR count). The molecule has 1 aromatic carbocycles. The van der Waals surface area contributed by atoms with Crippen molar-refractivity contribution in [3.05, 3.63) is 36.0 Å². The number of carbonyl (C=O) groups is 20. The number of hydrogen-bond donors (Lipinski definition) is 24. The molecule has 1 saturated heterocycles. The van der Waals surface area contributed by atoms with E-state index >= 15 is 0 Å². The van der Waals surface area contributed by atoms with Gasteiger partial charge in [-0.1, -0.05) is 73.6 Å². The summed E-state index contributed by atoms with van der Waals surface area (Å²) in [6, 6.07) is -15.3. The van der Waals surface area contributed by atoms with Crippen molar-refractivity contribution in [3.8, 4) is 0 Å². The van der Waals surface area contributed by atoms with Gasteiger partial charge in [0.15, 0.2) is 0 Å². The van der Waals surface area contributed by atoms with E-state index in [0.29, 0.717) is 18.4 Å². The van der Waals surface area contributed by atoms with Gasteiger partial charge in [0.05, 0.1) is 25.7 Å². The van der Waals surface area contributed by atoms with Crippen molar-refractivity contribution in [1.29, 1.82) is 0 Å². The zero-order valence-electron chi connectivity index (χ0n) is 70.9. The first kappa shape index (κ1) is 106. The number of nitrogens with zero attached hydrogens (tertiary/aromatic N) is 1. The van der Waals surface area contributed by atoms with Crippen LogP contribution in [0.1, 0.15) is 171 Å². The second kappa shape index (κ2) is 52.7. The molecule has 0 spiro atoms. The lowest BCUT2D eigenvalue weighted by atomic mass is 9.98. The number of aliphatic hydroxyl groups excluding tert-OH is 2. The number of hydrogen-bond acceptors (Lipinski definition) is 24. The van der Waals surface area contributed by atoms with Crippen LogP contribution in [0.2, 0.25) is 0 Å². The molecule has 0 radical (unpaired) electrons. The van der Waals surface area contributed by atoms with Gasteiger partial charge in [0, 0.05) is 62.0 Å². The smallest absolute Gasteiger partial charge is 0.327 e. The Hall–Kier alpha value is -11.6. The first-order valence-corrected chi connectivity index (χ1v) is 41.3. The third-order valence-corrected chi connectivity index (χ3v) is 19.9. The predicted molar refractivity (Wildman–Crippen MR) is 444 cm³/mol. The molecule has 686 valence electrons. The van der Waals surface area contributed by atoms with E-state index in [0.717, 1.165) is 22.7 Å². The Morgan fingerprint density at radius 1 is 0.496 bits per heavy atom. The second-order valence-electron chi connectivity index (χ2n) is 31.8. The van der Waals surface area contributed by atoms with Gasteiger partial charge in [0.2, 0.25) is 106 Å². The van der Waals surface area contributed by atoms with Gasteiger partial charge in [-0.25, -0.2) is 4.79 Å². The topological polar surface area (TPSA) is 714 Å². The van der Waals surface area contributed by atoms with Crippen molar-refractivity contribution in [1.82, 2.24) is 84.3 Å². The highest BCUT2D eigenvalue weighted by atomic mass is 32.1. The van der Waals surface area contributed by atoms with Gasteiger partial charge in [-0.3, -0.25) is 91.1 Å². The number of likely N-dealkylation sites (tertiary alicyclic amines) is 1. The number of aromatic nitrogens is 1. The Morgan fingerprint density at radius 2 is 0.919 bits per heavy atom. The number of rotatable bonds is 56. The maximum Gasteiger partial charge on any atom is 0.327 e. The highest BCUT2D eigenvalue weighted by Gasteiger charge is 2.43. The number of carbonyl (C=O) groups excluding carboxylic acids is 18. The SMILES string of the molecule is CC(=O)NCC(=O)N[C@@H](CC(N)=O)C(=O)N[C@@H](CCC(N)=O)C(=O)N[C@@H](CCC(=O)O)C(=O)N[C@@H](CCC(N)=O)C(=O)N[C@H](C(=O)N[C@@H](CO)C(=O)N1CCC[C@H]1C(=O)N[C@@H](CC(C)C)C(=O)N[C@H](C(=O)N[C@@H](CC(C)C)C(=O)N[C@@H](CC(C)C)C(=O)N[C@@H](CCCCN)C(=O)N[C@@H](Cc1c[nH]c2ccccc12)C(=O)N[C@@H](CS)C(=O)O)[C@@H](C)O)C(C)C. The molecule has 1 aromatic heterocycles. The van der Waals surface area contributed by atoms with Crippen molar-refractivity contribution in [2.24, 2.45) is 46.6 Å². The molecule has 2 heterocycles. The van der Waals surface area contributed by atoms with Crippen molar-refractivity contribution < 1.29 is 116 Å². The van der Waals surface area contributed by atoms with Crippen molar-refractivity contribution in [2.75, 3.05) is 32.0 Å². The maximum absolute atomic E-state index is 14.6. The standard InChI is InChI=1S/C78H124N20O24S/c1-37(2)28-50(69(112)86-46(18-13-14-26-79)65(108)91-53(71(114)95-56(36-123)78(121)122)31-43-33-84-45-17-12-11-16-44(43)45)90-70(113)51(29-38(3)4)93-76(119)64(41(9)100)97-73(116)52(30-39(5)6)92-74(117)57-19-15-27-98(57)77(120)55(35-99)94-75(118)63(40(7)8)96-68(111)48(21-24-59(81)103)87-67(110)49(22-25-62(106)107)88-66(109)47(20-23-58(80)102)89-72(115)54(32-60(82)104)85-61(105)34-83-42(10)101/h11-12,16-17,33,37-41,46-57,63-64,84,99-100,123H,13-15,18-32,34-36,79H2,1-10H3,(H2,80,102)(H2,81,103)(H2,82,104)(H,83,101)(H,85,105)(H,86,112)(H,87,110)(H,88,109)(H,89,115)(H,90,113)(H,91,108)(H,92,117)(H,93,119)(H,94,118)(H,95,114)(H,96,111)(H,97,116)(H,106,107)(H,121,122)/t41-,46+,47+,48+,49+,50+,51+,52+,53+,54+,55+,56+,57+,63+,64+/m1/s1. The van der Waals surface area contributed by atoms with E-state index in [1.807, 2.05) is 0 Å². The Bertz CT molecular complexity index is 4050. The number of aromatic amines is 1. The van der Waals surface area contributed by atoms with Crippen LogP contribution in [0, 0.1) is 23.7 Å². The number of carboxylic acids is 2. The molecule has 0 aliphatic carbocycles. The zero-order chi connectivity index (χ0) is 92.8. The molecule has 1 fully saturated rings. The molecule has 15 atom stereocenters. The number of primary amides is 3. The average Bonchev–Trinajstić information content (AvgIpc) is 1.71. The van der Waals surface area contributed by atoms with Crippen LogP contribution in [-0.4, -0.2) is 271 Å². The number of thiol groups is 1. The summed E-state index contributed by atoms with van der Waals surface area (Å²) in [6.45, 7) is 13.8. The van der Waals surface area contributed by atoms with Crippen molar-refractivity contribution in [2.45, 2.75) is 263 Å². The molecule has 0 bridgehead atoms. The lowest BCUT2D eigenvalue weighted by Crippen LogP contribution is -2.62. The normalized spacial score (nSPS) is 16.0. The molecule has 2 aromatic rings. The molecule has 44 nitrogen and oxygen atoms in total. The number of nitrogens with one attached hydrogen (secondary N) is 15. The highest BCUT2D eigenvalue weighted by molar-refractivity contribution is 7.80. The van der Waals surface area contributed by atoms with E-state index in [1.165, 1.54) is 20.8 Å². The van der Waals surface area contributed by atoms with Gasteiger partial charge < -0.3 is 128 Å². The number of benzene rings is 1. The maximum atomic E-state index is 14.6. The van der Waals surface area contributed by atoms with Crippen molar-refractivity contribution >= 4 is 142 Å². The first-order valence-electron chi connectivity index (χ1n) is 40.7. The molecule has 0 unspecified atom stereocenters. The summed E-state index contributed by atoms with van der Waals surface area (Å²) in [4.78, 5) is 274. The van der Waals surface area contributed by atoms with Crippen LogP contribution >= 0.6 is 12.6 Å². The van der Waals surface area contributed by atoms with Crippen LogP contribution in [0.5, 0.6) is 0 Å². The van der Waals surface area contributed by atoms with Gasteiger partial charge >= 0.3 is 11.9 Å². The van der Waals surface area contributed by atoms with Crippen LogP contribution in [-0.2, 0) is 102 Å². The largest absolute Gasteiger partial charge is 0.481 e. The Morgan fingerprint density at radius 3 is 1.38 bits per heavy atom. The minimum Gasteiger partial charge on any atom is -0.481 e. The zero-order valence-corrected chi connectivity index (χ0v) is 71.8. The Kier molecular flexibility index (Phi) is 45.2. The van der Waals surface area contributed by atoms with E-state index in [2.05, 4.69) is 92.0 Å². The summed E-state index contributed by atoms with van der Waals surface area (Å²) in [5.41, 5.74) is 23.2. The first-order chi connectivity index (χ1) is 57.7. The molecule has 123 heavy (non-hydrogen) atoms. The van der Waals surface area contributed by atoms with E-state index < -0.39 is 273 Å². The number of H-pyrrole nitrogens is 1. The van der Waals surface area contributed by atoms with Crippen LogP contribution in [0.15, 0.2) is 30.5 Å². The minimum atomic E-state index is -1.91. The summed E-state index contributed by atoms with van der Waals surface area (Å²) in [5.74, 6) is -23.3. The van der Waals surface area contributed by atoms with E-state index in [9.17, 15) is 116 Å². The van der Waals surface area contributed by atoms with E-state index in [1.54, 1.807) is 72.0 Å². The van der Waals surface area contributed by atoms with Gasteiger partial charge in [-0.05, 0) is 119 Å². The minimum absolute atomic E-state index is 0.00294. The van der Waals surface area contributed by atoms with Crippen molar-refractivity contribution in [3.63, 3.8) is 0 Å². The summed E-state index contributed by atoms with van der Waals surface area (Å²) < 4.78 is 0. The Balaban J connectivity index is 1.87. The summed E-state index contributed by atoms with van der Waals surface area (Å²) >= 11 is 4.07. The number of unbranched alkanes of at least 4 members (excludes halogenated alkanes) is 1. The predicted octanol–water partition coefficient (Wildman–Crippen LogP) is -6.28. The van der Waals surface area contributed by atoms with Crippen LogP contribution in [0.3, 0.4) is 0 Å². The highest BCUT2D eigenvalue weighted by Crippen LogP contribution is 2.23. The number of para-hydroxylation sites is 1. The number of nitrogens with two attached hydrogens (primary N) is 4. The molecule has 18 amide bonds. The summed E-state index contributed by atoms with van der Waals surface area (Å²) in [6.07, 6.45) is -4.31. The molecule has 1 aliphatic heterocycles. The summed E-state index contributed by atoms with van der Waals surface area (Å²) in [7, 11) is 0. The molecule has 1 aliphatic rings. The van der Waals surface area contributed by atoms with Gasteiger partial charge in [-0.15, -0.1) is 0 Å². The van der Waals surface area contributed by atoms with Gasteiger partial charge in [0.1, 0.15) is 84.6 Å². The fourth-order valence-corrected chi connectivity index (χ4v) is 13.4.